The van der Waals surface area contributed by atoms with Crippen LogP contribution in [0, 0.1) is 0 Å². The van der Waals surface area contributed by atoms with Gasteiger partial charge in [-0.15, -0.1) is 0 Å². The highest BCUT2D eigenvalue weighted by Crippen LogP contribution is 2.31. The molecule has 3 aromatic carbocycles. The Morgan fingerprint density at radius 1 is 0.906 bits per heavy atom. The number of Topliss-reactive ketones (excluding diaryl/α,β-unsaturated/α-hetero) is 1. The maximum Gasteiger partial charge on any atom is 0.338 e. The number of carbonyl (C=O) groups is 2. The maximum absolute atomic E-state index is 13.2. The second kappa shape index (κ2) is 9.39. The second-order valence-electron chi connectivity index (χ2n) is 7.08. The lowest BCUT2D eigenvalue weighted by molar-refractivity contribution is 0.0475. The van der Waals surface area contributed by atoms with Crippen molar-refractivity contribution in [2.75, 3.05) is 20.3 Å². The molecule has 4 aromatic rings. The third-order valence-corrected chi connectivity index (χ3v) is 5.08. The van der Waals surface area contributed by atoms with Crippen molar-refractivity contribution in [2.24, 2.45) is 0 Å². The van der Waals surface area contributed by atoms with Crippen LogP contribution in [0.5, 0.6) is 11.5 Å². The first-order valence-corrected chi connectivity index (χ1v) is 10.3. The lowest BCUT2D eigenvalue weighted by Gasteiger charge is -2.11. The van der Waals surface area contributed by atoms with Crippen molar-refractivity contribution in [1.29, 1.82) is 0 Å². The van der Waals surface area contributed by atoms with Gasteiger partial charge in [0.25, 0.3) is 0 Å². The number of aromatic amines is 1. The second-order valence-corrected chi connectivity index (χ2v) is 7.08. The number of hydrogen-bond donors (Lipinski definition) is 1. The molecular weight excluding hydrogens is 406 g/mol. The number of methoxy groups -OCH3 is 1. The van der Waals surface area contributed by atoms with Crippen LogP contribution in [0.1, 0.15) is 27.6 Å². The Labute approximate surface area is 185 Å². The predicted octanol–water partition coefficient (Wildman–Crippen LogP) is 5.28. The number of nitrogens with one attached hydrogen (secondary N) is 1. The Morgan fingerprint density at radius 2 is 1.66 bits per heavy atom. The molecule has 4 rings (SSSR count). The minimum Gasteiger partial charge on any atom is -0.493 e. The van der Waals surface area contributed by atoms with Crippen molar-refractivity contribution < 1.29 is 23.8 Å². The number of para-hydroxylation sites is 1. The molecular formula is C26H23NO5. The van der Waals surface area contributed by atoms with Crippen LogP contribution >= 0.6 is 0 Å². The van der Waals surface area contributed by atoms with Crippen molar-refractivity contribution in [3.63, 3.8) is 0 Å². The van der Waals surface area contributed by atoms with E-state index in [2.05, 4.69) is 4.98 Å². The monoisotopic (exact) mass is 429 g/mol. The average Bonchev–Trinajstić information content (AvgIpc) is 3.23. The van der Waals surface area contributed by atoms with E-state index in [1.165, 1.54) is 7.11 Å². The van der Waals surface area contributed by atoms with Crippen LogP contribution in [0.25, 0.3) is 22.2 Å². The summed E-state index contributed by atoms with van der Waals surface area (Å²) in [5.74, 6) is 0.0675. The highest BCUT2D eigenvalue weighted by Gasteiger charge is 2.21. The molecule has 0 unspecified atom stereocenters. The van der Waals surface area contributed by atoms with E-state index in [-0.39, 0.29) is 18.0 Å². The Kier molecular flexibility index (Phi) is 6.22. The largest absolute Gasteiger partial charge is 0.493 e. The summed E-state index contributed by atoms with van der Waals surface area (Å²) >= 11 is 0. The highest BCUT2D eigenvalue weighted by atomic mass is 16.5. The summed E-state index contributed by atoms with van der Waals surface area (Å²) < 4.78 is 16.1. The zero-order valence-electron chi connectivity index (χ0n) is 17.9. The molecule has 0 aliphatic heterocycles. The number of esters is 1. The van der Waals surface area contributed by atoms with Gasteiger partial charge in [-0.2, -0.15) is 0 Å². The van der Waals surface area contributed by atoms with E-state index in [0.29, 0.717) is 29.4 Å². The van der Waals surface area contributed by atoms with Crippen LogP contribution in [0.2, 0.25) is 0 Å². The minimum absolute atomic E-state index is 0.278. The molecule has 0 radical (unpaired) electrons. The Bertz CT molecular complexity index is 1260. The standard InChI is InChI=1S/C26H23NO5/c1-3-31-22-14-13-18(15-23(22)30-2)26(29)32-16-21(28)24-19-11-7-8-12-20(19)27-25(24)17-9-5-4-6-10-17/h4-15,27H,3,16H2,1-2H3. The molecule has 0 bridgehead atoms. The molecule has 0 saturated heterocycles. The molecule has 1 N–H and O–H groups in total. The number of benzene rings is 3. The highest BCUT2D eigenvalue weighted by molar-refractivity contribution is 6.14. The summed E-state index contributed by atoms with van der Waals surface area (Å²) in [6.07, 6.45) is 0. The number of aromatic nitrogens is 1. The van der Waals surface area contributed by atoms with Crippen molar-refractivity contribution in [3.8, 4) is 22.8 Å². The third-order valence-electron chi connectivity index (χ3n) is 5.08. The molecule has 6 nitrogen and oxygen atoms in total. The summed E-state index contributed by atoms with van der Waals surface area (Å²) in [5, 5.41) is 0.787. The molecule has 0 saturated carbocycles. The van der Waals surface area contributed by atoms with E-state index in [1.54, 1.807) is 18.2 Å². The van der Waals surface area contributed by atoms with Gasteiger partial charge in [-0.25, -0.2) is 4.79 Å². The summed E-state index contributed by atoms with van der Waals surface area (Å²) in [4.78, 5) is 29.1. The van der Waals surface area contributed by atoms with Crippen LogP contribution < -0.4 is 9.47 Å². The van der Waals surface area contributed by atoms with E-state index in [1.807, 2.05) is 61.5 Å². The van der Waals surface area contributed by atoms with Crippen LogP contribution in [0.3, 0.4) is 0 Å². The molecule has 0 fully saturated rings. The van der Waals surface area contributed by atoms with Gasteiger partial charge in [-0.05, 0) is 36.8 Å². The fourth-order valence-electron chi connectivity index (χ4n) is 3.61. The fraction of sp³-hybridized carbons (Fsp3) is 0.154. The topological polar surface area (TPSA) is 77.6 Å². The van der Waals surface area contributed by atoms with Gasteiger partial charge in [-0.1, -0.05) is 48.5 Å². The number of rotatable bonds is 8. The summed E-state index contributed by atoms with van der Waals surface area (Å²) in [7, 11) is 1.50. The molecule has 0 spiro atoms. The zero-order chi connectivity index (χ0) is 22.5. The van der Waals surface area contributed by atoms with Gasteiger partial charge >= 0.3 is 5.97 Å². The van der Waals surface area contributed by atoms with Crippen molar-refractivity contribution in [3.05, 3.63) is 83.9 Å². The number of carbonyl (C=O) groups excluding carboxylic acids is 2. The van der Waals surface area contributed by atoms with Gasteiger partial charge in [0.2, 0.25) is 5.78 Å². The van der Waals surface area contributed by atoms with Crippen LogP contribution in [0.4, 0.5) is 0 Å². The summed E-state index contributed by atoms with van der Waals surface area (Å²) in [5.41, 5.74) is 3.21. The lowest BCUT2D eigenvalue weighted by atomic mass is 10.0. The molecule has 0 aliphatic carbocycles. The van der Waals surface area contributed by atoms with Crippen LogP contribution in [0.15, 0.2) is 72.8 Å². The van der Waals surface area contributed by atoms with Gasteiger partial charge in [0.15, 0.2) is 18.1 Å². The number of fused-ring (bicyclic) bond motifs is 1. The molecule has 0 amide bonds. The van der Waals surface area contributed by atoms with Crippen molar-refractivity contribution >= 4 is 22.7 Å². The van der Waals surface area contributed by atoms with E-state index < -0.39 is 5.97 Å². The van der Waals surface area contributed by atoms with Gasteiger partial charge in [-0.3, -0.25) is 4.79 Å². The normalized spacial score (nSPS) is 10.7. The van der Waals surface area contributed by atoms with Crippen molar-refractivity contribution in [2.45, 2.75) is 6.92 Å². The first-order chi connectivity index (χ1) is 15.6. The molecule has 6 heteroatoms. The van der Waals surface area contributed by atoms with Gasteiger partial charge in [0.1, 0.15) is 0 Å². The lowest BCUT2D eigenvalue weighted by Crippen LogP contribution is -2.15. The van der Waals surface area contributed by atoms with Crippen LogP contribution in [-0.2, 0) is 4.74 Å². The Morgan fingerprint density at radius 3 is 2.41 bits per heavy atom. The van der Waals surface area contributed by atoms with E-state index in [9.17, 15) is 9.59 Å². The number of H-pyrrole nitrogens is 1. The van der Waals surface area contributed by atoms with E-state index in [4.69, 9.17) is 14.2 Å². The van der Waals surface area contributed by atoms with E-state index in [0.717, 1.165) is 16.5 Å². The van der Waals surface area contributed by atoms with Crippen LogP contribution in [-0.4, -0.2) is 37.1 Å². The first kappa shape index (κ1) is 21.2. The molecule has 1 aromatic heterocycles. The van der Waals surface area contributed by atoms with E-state index >= 15 is 0 Å². The Balaban J connectivity index is 1.58. The summed E-state index contributed by atoms with van der Waals surface area (Å²) in [6.45, 7) is 1.96. The van der Waals surface area contributed by atoms with Crippen molar-refractivity contribution in [1.82, 2.24) is 4.98 Å². The zero-order valence-corrected chi connectivity index (χ0v) is 17.9. The SMILES string of the molecule is CCOc1ccc(C(=O)OCC(=O)c2c(-c3ccccc3)[nH]c3ccccc23)cc1OC. The smallest absolute Gasteiger partial charge is 0.338 e. The summed E-state index contributed by atoms with van der Waals surface area (Å²) in [6, 6.07) is 21.9. The molecule has 32 heavy (non-hydrogen) atoms. The number of ketones is 1. The molecule has 0 atom stereocenters. The van der Waals surface area contributed by atoms with Gasteiger partial charge in [0.05, 0.1) is 30.5 Å². The molecule has 0 aliphatic rings. The Hall–Kier alpha value is -4.06. The maximum atomic E-state index is 13.2. The molecule has 1 heterocycles. The average molecular weight is 429 g/mol. The number of hydrogen-bond acceptors (Lipinski definition) is 5. The quantitative estimate of drug-likeness (QED) is 0.304. The molecule has 162 valence electrons. The first-order valence-electron chi connectivity index (χ1n) is 10.3. The van der Waals surface area contributed by atoms with Gasteiger partial charge < -0.3 is 19.2 Å². The third kappa shape index (κ3) is 4.21. The fourth-order valence-corrected chi connectivity index (χ4v) is 3.61. The minimum atomic E-state index is -0.610. The predicted molar refractivity (Wildman–Crippen MR) is 123 cm³/mol. The number of ether oxygens (including phenoxy) is 3. The van der Waals surface area contributed by atoms with Gasteiger partial charge in [0, 0.05) is 10.9 Å².